The fraction of sp³-hybridized carbons (Fsp3) is 0.222. The average Bonchev–Trinajstić information content (AvgIpc) is 3.36. The Balaban J connectivity index is 1.45. The zero-order valence-corrected chi connectivity index (χ0v) is 17.1. The van der Waals surface area contributed by atoms with E-state index in [-0.39, 0.29) is 13.2 Å². The molecule has 1 unspecified atom stereocenters. The van der Waals surface area contributed by atoms with Gasteiger partial charge in [-0.3, -0.25) is 9.46 Å². The van der Waals surface area contributed by atoms with Crippen LogP contribution in [0.2, 0.25) is 0 Å². The number of carbonyl (C=O) groups excluding carboxylic acids is 1. The number of pyridine rings is 1. The lowest BCUT2D eigenvalue weighted by Gasteiger charge is -2.15. The molecule has 1 saturated heterocycles. The van der Waals surface area contributed by atoms with Crippen molar-refractivity contribution < 1.29 is 27.9 Å². The van der Waals surface area contributed by atoms with Crippen LogP contribution in [-0.4, -0.2) is 57.3 Å². The van der Waals surface area contributed by atoms with Gasteiger partial charge in [-0.2, -0.15) is 10.3 Å². The Kier molecular flexibility index (Phi) is 5.68. The van der Waals surface area contributed by atoms with Crippen molar-refractivity contribution in [3.63, 3.8) is 0 Å². The summed E-state index contributed by atoms with van der Waals surface area (Å²) in [6, 6.07) is 7.72. The van der Waals surface area contributed by atoms with Crippen LogP contribution in [0.4, 0.5) is 26.5 Å². The minimum atomic E-state index is -3.69. The lowest BCUT2D eigenvalue weighted by molar-refractivity contribution is 0.100. The van der Waals surface area contributed by atoms with Crippen LogP contribution in [0, 0.1) is 5.82 Å². The molecule has 0 bridgehead atoms. The minimum Gasteiger partial charge on any atom is -0.441 e. The van der Waals surface area contributed by atoms with Gasteiger partial charge in [0.25, 0.3) is 0 Å². The minimum absolute atomic E-state index is 0.0710. The van der Waals surface area contributed by atoms with Crippen molar-refractivity contribution in [2.45, 2.75) is 6.10 Å². The second kappa shape index (κ2) is 8.42. The Labute approximate surface area is 175 Å². The van der Waals surface area contributed by atoms with Crippen LogP contribution < -0.4 is 10.2 Å². The van der Waals surface area contributed by atoms with Gasteiger partial charge in [0, 0.05) is 24.0 Å². The third-order valence-electron chi connectivity index (χ3n) is 4.38. The lowest BCUT2D eigenvalue weighted by Crippen LogP contribution is -2.25. The smallest absolute Gasteiger partial charge is 0.414 e. The van der Waals surface area contributed by atoms with E-state index in [0.29, 0.717) is 28.5 Å². The van der Waals surface area contributed by atoms with Crippen LogP contribution in [0.3, 0.4) is 0 Å². The number of rotatable bonds is 7. The number of nitrogens with one attached hydrogen (secondary N) is 2. The summed E-state index contributed by atoms with van der Waals surface area (Å²) >= 11 is 0. The molecule has 0 saturated carbocycles. The van der Waals surface area contributed by atoms with E-state index in [1.54, 1.807) is 18.2 Å². The van der Waals surface area contributed by atoms with Gasteiger partial charge in [-0.25, -0.2) is 14.2 Å². The van der Waals surface area contributed by atoms with E-state index in [9.17, 15) is 18.6 Å². The van der Waals surface area contributed by atoms with Crippen LogP contribution in [0.25, 0.3) is 11.1 Å². The molecule has 0 aliphatic carbocycles. The molecule has 1 amide bonds. The molecule has 3 N–H and O–H groups in total. The number of aromatic amines is 1. The van der Waals surface area contributed by atoms with E-state index in [1.807, 2.05) is 0 Å². The summed E-state index contributed by atoms with van der Waals surface area (Å²) in [5, 5.41) is 13.0. The molecule has 1 aromatic carbocycles. The van der Waals surface area contributed by atoms with Gasteiger partial charge in [0.15, 0.2) is 5.82 Å². The summed E-state index contributed by atoms with van der Waals surface area (Å²) < 4.78 is 35.9. The Hall–Kier alpha value is -3.34. The van der Waals surface area contributed by atoms with Crippen LogP contribution in [0.1, 0.15) is 0 Å². The largest absolute Gasteiger partial charge is 0.441 e. The number of hydrogen-bond acceptors (Lipinski definition) is 8. The summed E-state index contributed by atoms with van der Waals surface area (Å²) in [5.41, 5.74) is 1.16. The predicted octanol–water partition coefficient (Wildman–Crippen LogP) is 2.91. The van der Waals surface area contributed by atoms with Crippen LogP contribution >= 0.6 is 7.60 Å². The van der Waals surface area contributed by atoms with Gasteiger partial charge in [-0.1, -0.05) is 0 Å². The molecule has 4 rings (SSSR count). The molecular formula is C18H18FN6O5P. The van der Waals surface area contributed by atoms with Gasteiger partial charge in [0.1, 0.15) is 17.7 Å². The summed E-state index contributed by atoms with van der Waals surface area (Å²) in [6.45, 7) is 0.885. The predicted molar refractivity (Wildman–Crippen MR) is 109 cm³/mol. The van der Waals surface area contributed by atoms with Gasteiger partial charge in [-0.05, 0) is 30.3 Å². The quantitative estimate of drug-likeness (QED) is 0.465. The summed E-state index contributed by atoms with van der Waals surface area (Å²) in [6.07, 6.45) is 1.59. The maximum absolute atomic E-state index is 14.8. The fourth-order valence-electron chi connectivity index (χ4n) is 2.97. The number of H-pyrrole nitrogens is 1. The molecule has 3 heterocycles. The van der Waals surface area contributed by atoms with E-state index >= 15 is 0 Å². The lowest BCUT2D eigenvalue weighted by atomic mass is 10.1. The Bertz CT molecular complexity index is 1120. The maximum Gasteiger partial charge on any atom is 0.414 e. The number of cyclic esters (lactones) is 1. The average molecular weight is 448 g/mol. The van der Waals surface area contributed by atoms with Crippen molar-refractivity contribution in [1.82, 2.24) is 20.4 Å². The molecule has 2 atom stereocenters. The summed E-state index contributed by atoms with van der Waals surface area (Å²) in [5.74, 6) is 0.470. The number of anilines is 3. The molecule has 1 aliphatic heterocycles. The highest BCUT2D eigenvalue weighted by Crippen LogP contribution is 2.37. The molecule has 3 aromatic rings. The molecule has 1 aliphatic rings. The highest BCUT2D eigenvalue weighted by molar-refractivity contribution is 7.51. The highest BCUT2D eigenvalue weighted by Gasteiger charge is 2.34. The number of amides is 1. The Morgan fingerprint density at radius 2 is 2.19 bits per heavy atom. The number of halogens is 1. The van der Waals surface area contributed by atoms with Crippen LogP contribution in [0.5, 0.6) is 0 Å². The molecule has 0 radical (unpaired) electrons. The molecule has 31 heavy (non-hydrogen) atoms. The van der Waals surface area contributed by atoms with Crippen molar-refractivity contribution in [1.29, 1.82) is 0 Å². The summed E-state index contributed by atoms with van der Waals surface area (Å²) in [4.78, 5) is 26.8. The van der Waals surface area contributed by atoms with E-state index in [2.05, 4.69) is 25.7 Å². The first-order valence-electron chi connectivity index (χ1n) is 9.10. The fourth-order valence-corrected chi connectivity index (χ4v) is 3.41. The third-order valence-corrected chi connectivity index (χ3v) is 5.01. The van der Waals surface area contributed by atoms with E-state index in [4.69, 9.17) is 9.26 Å². The SMILES string of the molecule is CP(=O)(O)OC[C@H]1CN(c2ccc(-c3ccc(Nc4cn[nH]n4)nc3)c(F)c2)C(=O)O1. The topological polar surface area (TPSA) is 143 Å². The number of carbonyl (C=O) groups is 1. The molecular weight excluding hydrogens is 430 g/mol. The molecule has 162 valence electrons. The van der Waals surface area contributed by atoms with Gasteiger partial charge < -0.3 is 19.5 Å². The zero-order chi connectivity index (χ0) is 22.0. The van der Waals surface area contributed by atoms with Crippen LogP contribution in [-0.2, 0) is 13.8 Å². The van der Waals surface area contributed by atoms with E-state index in [1.165, 1.54) is 29.4 Å². The monoisotopic (exact) mass is 448 g/mol. The number of ether oxygens (including phenoxy) is 1. The Morgan fingerprint density at radius 1 is 1.35 bits per heavy atom. The van der Waals surface area contributed by atoms with Crippen LogP contribution in [0.15, 0.2) is 42.7 Å². The van der Waals surface area contributed by atoms with Crippen molar-refractivity contribution >= 4 is 31.0 Å². The zero-order valence-electron chi connectivity index (χ0n) is 16.2. The normalized spacial score (nSPS) is 18.0. The molecule has 11 nitrogen and oxygen atoms in total. The number of aromatic nitrogens is 4. The van der Waals surface area contributed by atoms with Gasteiger partial charge >= 0.3 is 13.7 Å². The van der Waals surface area contributed by atoms with E-state index < -0.39 is 25.6 Å². The van der Waals surface area contributed by atoms with Gasteiger partial charge in [0.2, 0.25) is 0 Å². The molecule has 13 heteroatoms. The number of nitrogens with zero attached hydrogens (tertiary/aromatic N) is 4. The summed E-state index contributed by atoms with van der Waals surface area (Å²) in [7, 11) is -3.69. The first-order chi connectivity index (χ1) is 14.8. The molecule has 1 fully saturated rings. The first kappa shape index (κ1) is 20.9. The van der Waals surface area contributed by atoms with Gasteiger partial charge in [-0.15, -0.1) is 5.10 Å². The Morgan fingerprint density at radius 3 is 2.84 bits per heavy atom. The van der Waals surface area contributed by atoms with Crippen molar-refractivity contribution in [3.05, 3.63) is 48.5 Å². The third kappa shape index (κ3) is 5.05. The van der Waals surface area contributed by atoms with E-state index in [0.717, 1.165) is 6.66 Å². The standard InChI is InChI=1S/C18H18FN6O5P/c1-31(27,28)29-10-13-9-25(18(26)30-13)12-3-4-14(15(19)6-12)11-2-5-16(20-7-11)22-17-8-21-24-23-17/h2-8,13H,9-10H2,1H3,(H,27,28)(H2,20,21,22,23,24)/t13-/m1/s1. The van der Waals surface area contributed by atoms with Crippen molar-refractivity contribution in [2.24, 2.45) is 0 Å². The second-order valence-electron chi connectivity index (χ2n) is 6.79. The molecule has 0 spiro atoms. The first-order valence-corrected chi connectivity index (χ1v) is 11.1. The second-order valence-corrected chi connectivity index (χ2v) is 8.66. The number of hydrogen-bond donors (Lipinski definition) is 3. The highest BCUT2D eigenvalue weighted by atomic mass is 31.2. The maximum atomic E-state index is 14.8. The van der Waals surface area contributed by atoms with Crippen molar-refractivity contribution in [2.75, 3.05) is 30.0 Å². The molecule has 2 aromatic heterocycles. The van der Waals surface area contributed by atoms with Gasteiger partial charge in [0.05, 0.1) is 25.0 Å². The number of benzene rings is 1. The van der Waals surface area contributed by atoms with Crippen molar-refractivity contribution in [3.8, 4) is 11.1 Å².